The monoisotopic (exact) mass is 498 g/mol. The minimum Gasteiger partial charge on any atom is -0.493 e. The molecule has 3 heterocycles. The summed E-state index contributed by atoms with van der Waals surface area (Å²) in [5.74, 6) is 1.46. The number of anilines is 5. The summed E-state index contributed by atoms with van der Waals surface area (Å²) in [4.78, 5) is 27.0. The summed E-state index contributed by atoms with van der Waals surface area (Å²) in [6, 6.07) is 6.64. The predicted molar refractivity (Wildman–Crippen MR) is 132 cm³/mol. The van der Waals surface area contributed by atoms with E-state index in [9.17, 15) is 9.18 Å². The van der Waals surface area contributed by atoms with Crippen LogP contribution >= 0.6 is 0 Å². The van der Waals surface area contributed by atoms with Crippen LogP contribution in [-0.2, 0) is 4.79 Å². The average Bonchev–Trinajstić information content (AvgIpc) is 2.86. The van der Waals surface area contributed by atoms with Gasteiger partial charge in [-0.2, -0.15) is 4.98 Å². The molecule has 0 atom stereocenters. The number of likely N-dealkylation sites (N-methyl/N-ethyl adjacent to an activating group) is 1. The van der Waals surface area contributed by atoms with Crippen molar-refractivity contribution in [2.24, 2.45) is 0 Å². The fourth-order valence-electron chi connectivity index (χ4n) is 3.73. The maximum absolute atomic E-state index is 14.6. The number of amides is 1. The average molecular weight is 499 g/mol. The van der Waals surface area contributed by atoms with Crippen LogP contribution < -0.4 is 34.5 Å². The Morgan fingerprint density at radius 1 is 1.06 bits per heavy atom. The van der Waals surface area contributed by atoms with E-state index in [1.807, 2.05) is 6.92 Å². The molecule has 0 radical (unpaired) electrons. The van der Waals surface area contributed by atoms with Gasteiger partial charge in [-0.05, 0) is 32.9 Å². The largest absolute Gasteiger partial charge is 0.493 e. The molecule has 0 spiro atoms. The van der Waals surface area contributed by atoms with Gasteiger partial charge in [0.15, 0.2) is 40.3 Å². The van der Waals surface area contributed by atoms with E-state index >= 15 is 0 Å². The molecule has 0 unspecified atom stereocenters. The first kappa shape index (κ1) is 24.8. The first-order chi connectivity index (χ1) is 17.2. The third-order valence-corrected chi connectivity index (χ3v) is 5.45. The molecule has 190 valence electrons. The Hall–Kier alpha value is -4.35. The van der Waals surface area contributed by atoms with Crippen molar-refractivity contribution < 1.29 is 28.1 Å². The molecule has 0 saturated heterocycles. The highest BCUT2D eigenvalue weighted by atomic mass is 19.1. The molecule has 1 aromatic carbocycles. The van der Waals surface area contributed by atoms with E-state index in [-0.39, 0.29) is 23.5 Å². The van der Waals surface area contributed by atoms with Crippen molar-refractivity contribution in [2.75, 3.05) is 43.4 Å². The molecule has 1 aliphatic heterocycles. The van der Waals surface area contributed by atoms with Gasteiger partial charge >= 0.3 is 0 Å². The van der Waals surface area contributed by atoms with Gasteiger partial charge in [0.2, 0.25) is 11.7 Å². The molecular formula is C24H27FN6O5. The number of pyridine rings is 1. The maximum Gasteiger partial charge on any atom is 0.271 e. The zero-order valence-corrected chi connectivity index (χ0v) is 20.8. The van der Waals surface area contributed by atoms with Gasteiger partial charge in [-0.15, -0.1) is 0 Å². The molecule has 36 heavy (non-hydrogen) atoms. The Kier molecular flexibility index (Phi) is 6.69. The summed E-state index contributed by atoms with van der Waals surface area (Å²) in [7, 11) is 4.51. The molecule has 2 aromatic heterocycles. The number of fused-ring (bicyclic) bond motifs is 1. The Morgan fingerprint density at radius 2 is 1.75 bits per heavy atom. The lowest BCUT2D eigenvalue weighted by Gasteiger charge is -2.37. The van der Waals surface area contributed by atoms with Gasteiger partial charge in [0, 0.05) is 24.4 Å². The molecule has 4 rings (SSSR count). The number of ether oxygens (including phenoxy) is 4. The molecule has 0 aliphatic carbocycles. The third kappa shape index (κ3) is 4.61. The van der Waals surface area contributed by atoms with Gasteiger partial charge in [0.1, 0.15) is 5.82 Å². The normalized spacial score (nSPS) is 14.0. The van der Waals surface area contributed by atoms with Gasteiger partial charge in [0.25, 0.3) is 5.91 Å². The molecule has 0 bridgehead atoms. The Morgan fingerprint density at radius 3 is 2.36 bits per heavy atom. The number of carbonyl (C=O) groups excluding carboxylic acids is 1. The van der Waals surface area contributed by atoms with Crippen molar-refractivity contribution in [1.82, 2.24) is 15.0 Å². The smallest absolute Gasteiger partial charge is 0.271 e. The second-order valence-electron chi connectivity index (χ2n) is 8.23. The Balaban J connectivity index is 1.62. The number of benzene rings is 1. The topological polar surface area (TPSA) is 120 Å². The fraction of sp³-hybridized carbons (Fsp3) is 0.333. The van der Waals surface area contributed by atoms with Crippen LogP contribution in [0.25, 0.3) is 0 Å². The minimum atomic E-state index is -1.01. The highest BCUT2D eigenvalue weighted by Gasteiger charge is 2.41. The lowest BCUT2D eigenvalue weighted by atomic mass is 10.1. The molecule has 11 nitrogen and oxygen atoms in total. The Bertz CT molecular complexity index is 1280. The summed E-state index contributed by atoms with van der Waals surface area (Å²) >= 11 is 0. The summed E-state index contributed by atoms with van der Waals surface area (Å²) in [5.41, 5.74) is -0.475. The van der Waals surface area contributed by atoms with Gasteiger partial charge < -0.3 is 29.6 Å². The molecule has 3 aromatic rings. The van der Waals surface area contributed by atoms with Crippen molar-refractivity contribution >= 4 is 35.0 Å². The predicted octanol–water partition coefficient (Wildman–Crippen LogP) is 4.05. The first-order valence-corrected chi connectivity index (χ1v) is 11.1. The molecule has 0 fully saturated rings. The zero-order chi connectivity index (χ0) is 26.0. The number of halogens is 1. The number of hydrogen-bond acceptors (Lipinski definition) is 10. The minimum absolute atomic E-state index is 0.112. The number of rotatable bonds is 8. The molecule has 1 amide bonds. The van der Waals surface area contributed by atoms with Gasteiger partial charge in [-0.1, -0.05) is 0 Å². The van der Waals surface area contributed by atoms with Gasteiger partial charge in [-0.25, -0.2) is 14.4 Å². The standard InChI is InChI=1S/C24H27FN6O5/c1-7-31-21-15(36-24(2,3)22(31)32)8-9-18(29-21)28-20-14(25)12-26-23(30-20)27-13-10-16(33-4)19(35-6)17(11-13)34-5/h8-12H,7H2,1-6H3,(H2,26,27,28,29,30). The van der Waals surface area contributed by atoms with Crippen LogP contribution in [0.1, 0.15) is 20.8 Å². The molecule has 1 aliphatic rings. The van der Waals surface area contributed by atoms with Gasteiger partial charge in [-0.3, -0.25) is 9.69 Å². The van der Waals surface area contributed by atoms with Crippen molar-refractivity contribution in [2.45, 2.75) is 26.4 Å². The van der Waals surface area contributed by atoms with Gasteiger partial charge in [0.05, 0.1) is 27.5 Å². The number of nitrogens with one attached hydrogen (secondary N) is 2. The number of methoxy groups -OCH3 is 3. The van der Waals surface area contributed by atoms with E-state index in [0.29, 0.717) is 41.0 Å². The highest BCUT2D eigenvalue weighted by Crippen LogP contribution is 2.41. The quantitative estimate of drug-likeness (QED) is 0.471. The highest BCUT2D eigenvalue weighted by molar-refractivity contribution is 6.01. The summed E-state index contributed by atoms with van der Waals surface area (Å²) < 4.78 is 36.4. The van der Waals surface area contributed by atoms with E-state index in [1.54, 1.807) is 38.1 Å². The van der Waals surface area contributed by atoms with Crippen molar-refractivity contribution in [3.8, 4) is 23.0 Å². The Labute approximate surface area is 207 Å². The van der Waals surface area contributed by atoms with Crippen LogP contribution in [0.5, 0.6) is 23.0 Å². The second kappa shape index (κ2) is 9.72. The third-order valence-electron chi connectivity index (χ3n) is 5.45. The molecule has 0 saturated carbocycles. The number of hydrogen-bond donors (Lipinski definition) is 2. The van der Waals surface area contributed by atoms with Crippen LogP contribution in [0.2, 0.25) is 0 Å². The SMILES string of the molecule is CCN1C(=O)C(C)(C)Oc2ccc(Nc3nc(Nc4cc(OC)c(OC)c(OC)c4)ncc3F)nc21. The summed E-state index contributed by atoms with van der Waals surface area (Å²) in [6.45, 7) is 5.65. The maximum atomic E-state index is 14.6. The lowest BCUT2D eigenvalue weighted by Crippen LogP contribution is -2.52. The summed E-state index contributed by atoms with van der Waals surface area (Å²) in [6.07, 6.45) is 1.03. The van der Waals surface area contributed by atoms with Crippen molar-refractivity contribution in [3.05, 3.63) is 36.3 Å². The van der Waals surface area contributed by atoms with E-state index in [2.05, 4.69) is 25.6 Å². The van der Waals surface area contributed by atoms with Crippen LogP contribution in [0.3, 0.4) is 0 Å². The molecular weight excluding hydrogens is 471 g/mol. The van der Waals surface area contributed by atoms with E-state index in [4.69, 9.17) is 18.9 Å². The molecule has 2 N–H and O–H groups in total. The summed E-state index contributed by atoms with van der Waals surface area (Å²) in [5, 5.41) is 5.85. The van der Waals surface area contributed by atoms with Crippen LogP contribution in [0, 0.1) is 5.82 Å². The number of carbonyl (C=O) groups is 1. The second-order valence-corrected chi connectivity index (χ2v) is 8.23. The number of aromatic nitrogens is 3. The lowest BCUT2D eigenvalue weighted by molar-refractivity contribution is -0.132. The van der Waals surface area contributed by atoms with E-state index in [1.165, 1.54) is 26.2 Å². The zero-order valence-electron chi connectivity index (χ0n) is 20.8. The van der Waals surface area contributed by atoms with E-state index < -0.39 is 11.4 Å². The fourth-order valence-corrected chi connectivity index (χ4v) is 3.73. The van der Waals surface area contributed by atoms with Crippen LogP contribution in [0.15, 0.2) is 30.5 Å². The van der Waals surface area contributed by atoms with E-state index in [0.717, 1.165) is 6.20 Å². The molecule has 12 heteroatoms. The van der Waals surface area contributed by atoms with Crippen molar-refractivity contribution in [3.63, 3.8) is 0 Å². The van der Waals surface area contributed by atoms with Crippen LogP contribution in [0.4, 0.5) is 33.5 Å². The first-order valence-electron chi connectivity index (χ1n) is 11.1. The number of nitrogens with zero attached hydrogens (tertiary/aromatic N) is 4. The van der Waals surface area contributed by atoms with Crippen LogP contribution in [-0.4, -0.2) is 54.3 Å². The van der Waals surface area contributed by atoms with Crippen molar-refractivity contribution in [1.29, 1.82) is 0 Å².